The number of halogens is 2. The van der Waals surface area contributed by atoms with Crippen molar-refractivity contribution in [3.63, 3.8) is 0 Å². The van der Waals surface area contributed by atoms with Crippen molar-refractivity contribution in [3.05, 3.63) is 84.9 Å². The minimum atomic E-state index is -0.145. The third-order valence-electron chi connectivity index (χ3n) is 3.10. The number of rotatable bonds is 0. The molecule has 4 aromatic rings. The minimum Gasteiger partial charge on any atom is -0.168 e. The fourth-order valence-electron chi connectivity index (χ4n) is 2.14. The van der Waals surface area contributed by atoms with E-state index in [0.717, 1.165) is 9.52 Å². The fourth-order valence-corrected chi connectivity index (χ4v) is 2.14. The fraction of sp³-hybridized carbons (Fsp3) is 0.100. The molecule has 0 heterocycles. The summed E-state index contributed by atoms with van der Waals surface area (Å²) in [5.41, 5.74) is 0. The summed E-state index contributed by atoms with van der Waals surface area (Å²) in [5, 5.41) is 5.32. The molecule has 2 radical (unpaired) electrons. The van der Waals surface area contributed by atoms with E-state index in [-0.39, 0.29) is 18.5 Å². The van der Waals surface area contributed by atoms with Crippen LogP contribution < -0.4 is 0 Å². The Morgan fingerprint density at radius 2 is 1.04 bits per heavy atom. The van der Waals surface area contributed by atoms with Gasteiger partial charge in [-0.15, -0.1) is 59.3 Å². The molecule has 4 rings (SSSR count). The summed E-state index contributed by atoms with van der Waals surface area (Å²) in [4.78, 5) is 0. The monoisotopic (exact) mass is 536 g/mol. The third-order valence-corrected chi connectivity index (χ3v) is 3.10. The van der Waals surface area contributed by atoms with E-state index < -0.39 is 0 Å². The van der Waals surface area contributed by atoms with Crippen LogP contribution in [0.2, 0.25) is 13.1 Å². The zero-order valence-corrected chi connectivity index (χ0v) is 20.5. The molecule has 0 fully saturated rings. The molecule has 0 nitrogen and oxygen atoms in total. The quantitative estimate of drug-likeness (QED) is 0.160. The first-order valence-corrected chi connectivity index (χ1v) is 20.8. The molecule has 0 spiro atoms. The van der Waals surface area contributed by atoms with Crippen molar-refractivity contribution >= 4 is 55.5 Å². The van der Waals surface area contributed by atoms with Gasteiger partial charge in [-0.2, -0.15) is 35.0 Å². The van der Waals surface area contributed by atoms with Crippen molar-refractivity contribution in [2.45, 2.75) is 13.1 Å². The molecule has 4 aromatic carbocycles. The van der Waals surface area contributed by atoms with Gasteiger partial charge in [0.15, 0.2) is 0 Å². The summed E-state index contributed by atoms with van der Waals surface area (Å²) in [6.45, 7) is 4.31. The van der Waals surface area contributed by atoms with Crippen molar-refractivity contribution < 1.29 is 18.5 Å². The molecule has 0 amide bonds. The first-order valence-electron chi connectivity index (χ1n) is 7.52. The Bertz CT molecular complexity index is 664. The Labute approximate surface area is 170 Å². The molecule has 0 aliphatic rings. The molecule has 0 N–H and O–H groups in total. The number of fused-ring (bicyclic) bond motifs is 2. The molecule has 0 saturated carbocycles. The van der Waals surface area contributed by atoms with Crippen LogP contribution in [-0.4, -0.2) is 9.52 Å². The van der Waals surface area contributed by atoms with Gasteiger partial charge >= 0.3 is 43.0 Å². The molecule has 0 aromatic heterocycles. The maximum atomic E-state index is 3.23. The van der Waals surface area contributed by atoms with E-state index >= 15 is 0 Å². The summed E-state index contributed by atoms with van der Waals surface area (Å²) in [5.74, 6) is 0. The maximum absolute atomic E-state index is 3.23. The molecule has 0 bridgehead atoms. The van der Waals surface area contributed by atoms with Crippen LogP contribution in [0.1, 0.15) is 0 Å². The van der Waals surface area contributed by atoms with E-state index in [0.29, 0.717) is 0 Å². The zero-order chi connectivity index (χ0) is 17.6. The van der Waals surface area contributed by atoms with Crippen LogP contribution in [0.25, 0.3) is 21.5 Å². The molecule has 24 heavy (non-hydrogen) atoms. The molecule has 122 valence electrons. The van der Waals surface area contributed by atoms with Crippen LogP contribution in [0.15, 0.2) is 84.9 Å². The van der Waals surface area contributed by atoms with Crippen LogP contribution in [-0.2, 0) is 18.5 Å². The normalized spacial score (nSPS) is 8.83. The maximum Gasteiger partial charge on any atom is -0.0809 e. The molecule has 0 unspecified atom stereocenters. The first-order chi connectivity index (χ1) is 11.8. The van der Waals surface area contributed by atoms with Crippen molar-refractivity contribution in [3.8, 4) is 0 Å². The van der Waals surface area contributed by atoms with Gasteiger partial charge in [-0.25, -0.2) is 0 Å². The second-order valence-electron chi connectivity index (χ2n) is 4.88. The molecule has 0 saturated heterocycles. The summed E-state index contributed by atoms with van der Waals surface area (Å²) < 4.78 is 0. The average molecular weight is 539 g/mol. The van der Waals surface area contributed by atoms with E-state index in [1.807, 2.05) is 0 Å². The Balaban J connectivity index is 0.000000183. The SMILES string of the molecule is C[Si]C.[Br][Zr+2][Br].c1ccc2[cH-]ccc2c1.c1ccc2[cH-]ccc2c1. The van der Waals surface area contributed by atoms with Gasteiger partial charge in [0.05, 0.1) is 0 Å². The summed E-state index contributed by atoms with van der Waals surface area (Å²) >= 11 is 6.32. The number of benzene rings is 2. The summed E-state index contributed by atoms with van der Waals surface area (Å²) in [6.07, 6.45) is 0. The van der Waals surface area contributed by atoms with Gasteiger partial charge in [-0.1, -0.05) is 25.2 Å². The van der Waals surface area contributed by atoms with Gasteiger partial charge in [0.1, 0.15) is 0 Å². The largest absolute Gasteiger partial charge is 0.168 e. The molecule has 0 aliphatic carbocycles. The molecular formula is C20H20Br2SiZr. The number of hydrogen-bond donors (Lipinski definition) is 0. The average Bonchev–Trinajstić information content (AvgIpc) is 3.26. The molecule has 4 heteroatoms. The smallest absolute Gasteiger partial charge is 0.0809 e. The van der Waals surface area contributed by atoms with E-state index in [1.165, 1.54) is 21.5 Å². The molecule has 0 atom stereocenters. The Kier molecular flexibility index (Phi) is 12.6. The van der Waals surface area contributed by atoms with Gasteiger partial charge in [0, 0.05) is 9.52 Å². The van der Waals surface area contributed by atoms with Gasteiger partial charge in [0.25, 0.3) is 0 Å². The van der Waals surface area contributed by atoms with Crippen LogP contribution >= 0.6 is 24.4 Å². The van der Waals surface area contributed by atoms with Crippen LogP contribution in [0.4, 0.5) is 0 Å². The zero-order valence-electron chi connectivity index (χ0n) is 13.8. The minimum absolute atomic E-state index is 0.145. The number of hydrogen-bond acceptors (Lipinski definition) is 0. The van der Waals surface area contributed by atoms with Crippen LogP contribution in [0, 0.1) is 0 Å². The second kappa shape index (κ2) is 13.9. The predicted molar refractivity (Wildman–Crippen MR) is 114 cm³/mol. The summed E-state index contributed by atoms with van der Waals surface area (Å²) in [6, 6.07) is 29.3. The van der Waals surface area contributed by atoms with Crippen molar-refractivity contribution in [1.29, 1.82) is 0 Å². The van der Waals surface area contributed by atoms with Crippen LogP contribution in [0.3, 0.4) is 0 Å². The topological polar surface area (TPSA) is 0 Å². The van der Waals surface area contributed by atoms with Crippen molar-refractivity contribution in [1.82, 2.24) is 0 Å². The van der Waals surface area contributed by atoms with E-state index in [9.17, 15) is 0 Å². The molecule has 0 aliphatic heterocycles. The van der Waals surface area contributed by atoms with E-state index in [2.05, 4.69) is 122 Å². The Morgan fingerprint density at radius 1 is 0.708 bits per heavy atom. The third kappa shape index (κ3) is 8.20. The van der Waals surface area contributed by atoms with Crippen molar-refractivity contribution in [2.24, 2.45) is 0 Å². The van der Waals surface area contributed by atoms with Gasteiger partial charge in [-0.3, -0.25) is 0 Å². The second-order valence-corrected chi connectivity index (χ2v) is 17.2. The predicted octanol–water partition coefficient (Wildman–Crippen LogP) is 7.59. The van der Waals surface area contributed by atoms with Gasteiger partial charge < -0.3 is 0 Å². The standard InChI is InChI=1S/2C9H7.C2H6Si.2BrH.Zr/c2*1-2-5-9-7-3-6-8(9)4-1;1-3-2;;;/h2*1-7H;1-2H3;2*1H;/q2*-1;;;;+4/p-2. The van der Waals surface area contributed by atoms with Crippen LogP contribution in [0.5, 0.6) is 0 Å². The first kappa shape index (κ1) is 21.8. The van der Waals surface area contributed by atoms with Crippen molar-refractivity contribution in [2.75, 3.05) is 0 Å². The van der Waals surface area contributed by atoms with E-state index in [4.69, 9.17) is 0 Å². The Hall–Kier alpha value is -0.280. The van der Waals surface area contributed by atoms with E-state index in [1.54, 1.807) is 0 Å². The summed E-state index contributed by atoms with van der Waals surface area (Å²) in [7, 11) is 1.08. The Morgan fingerprint density at radius 3 is 1.38 bits per heavy atom. The van der Waals surface area contributed by atoms with Gasteiger partial charge in [-0.05, 0) is 0 Å². The molecular weight excluding hydrogens is 519 g/mol. The van der Waals surface area contributed by atoms with Gasteiger partial charge in [0.2, 0.25) is 0 Å².